The third kappa shape index (κ3) is 9.73. The highest BCUT2D eigenvalue weighted by Gasteiger charge is 2.76. The van der Waals surface area contributed by atoms with Crippen LogP contribution < -0.4 is 30.3 Å². The van der Waals surface area contributed by atoms with Crippen molar-refractivity contribution < 1.29 is 47.5 Å². The van der Waals surface area contributed by atoms with Crippen molar-refractivity contribution in [3.05, 3.63) is 71.8 Å². The van der Waals surface area contributed by atoms with E-state index >= 15 is 0 Å². The zero-order chi connectivity index (χ0) is 52.3. The molecule has 0 aromatic heterocycles. The Balaban J connectivity index is 0.857. The monoisotopic (exact) mass is 1070 g/mol. The zero-order valence-corrected chi connectivity index (χ0v) is 44.7. The van der Waals surface area contributed by atoms with E-state index < -0.39 is 42.3 Å². The van der Waals surface area contributed by atoms with Gasteiger partial charge < -0.3 is 35.2 Å². The number of hydrogen-bond donors (Lipinski definition) is 4. The second-order valence-corrected chi connectivity index (χ2v) is 24.4. The van der Waals surface area contributed by atoms with E-state index in [9.17, 15) is 43.0 Å². The van der Waals surface area contributed by atoms with Crippen LogP contribution in [-0.4, -0.2) is 113 Å². The van der Waals surface area contributed by atoms with Gasteiger partial charge in [-0.25, -0.2) is 4.57 Å². The molecule has 3 aliphatic carbocycles. The molecule has 20 heteroatoms. The summed E-state index contributed by atoms with van der Waals surface area (Å²) in [5, 5.41) is 11.2. The number of unbranched alkanes of at least 4 members (excludes halogenated alkanes) is 2. The fourth-order valence-corrected chi connectivity index (χ4v) is 13.5. The predicted molar refractivity (Wildman–Crippen MR) is 285 cm³/mol. The number of imide groups is 1. The third-order valence-corrected chi connectivity index (χ3v) is 17.6. The molecule has 4 aromatic carbocycles. The van der Waals surface area contributed by atoms with E-state index in [1.54, 1.807) is 42.7 Å². The lowest BCUT2D eigenvalue weighted by Crippen LogP contribution is -2.73. The standard InChI is InChI=1S/C53H61Cl2N6O10PS/c1-29(2)46(58-42(62)17-7-6-12-18-59-43(63)21-41(73-5)49(59)66)48(65)56-30(3)47(64)57-37-19-38-44(35-15-10-8-13-33(35)37)31(22-54)24-60(38)50(67)52-26-53(27-52,28-52)51(68)61-25-32(23-55)45-36-16-11-9-14-34(36)40(20-39(45)61)71-72(4,69)70/h8-11,13-16,19-20,29-32,41,46H,6-7,12,17-18,21-28H2,1-5H3,(H,56,65)(H,57,64)(H,58,62)(H,69,70)/t30-,31+,32+,41?,46-,52?,53?/m0/s1. The second-order valence-electron chi connectivity index (χ2n) is 20.9. The Labute approximate surface area is 438 Å². The number of hydrogen-bond acceptors (Lipinski definition) is 10. The van der Waals surface area contributed by atoms with E-state index in [1.165, 1.54) is 16.7 Å². The largest absolute Gasteiger partial charge is 0.424 e. The van der Waals surface area contributed by atoms with Gasteiger partial charge in [0, 0.05) is 85.3 Å². The zero-order valence-electron chi connectivity index (χ0n) is 41.5. The first-order valence-corrected chi connectivity index (χ1v) is 29.3. The number of thioether (sulfide) groups is 1. The van der Waals surface area contributed by atoms with Gasteiger partial charge in [0.15, 0.2) is 0 Å². The number of anilines is 3. The fraction of sp³-hybridized carbons (Fsp3) is 0.491. The molecular formula is C53H61Cl2N6O10PS. The summed E-state index contributed by atoms with van der Waals surface area (Å²) in [6.07, 6.45) is 4.90. The number of nitrogens with zero attached hydrogens (tertiary/aromatic N) is 3. The quantitative estimate of drug-likeness (QED) is 0.0306. The fourth-order valence-electron chi connectivity index (χ4n) is 11.9. The summed E-state index contributed by atoms with van der Waals surface area (Å²) in [7, 11) is -3.96. The van der Waals surface area contributed by atoms with Gasteiger partial charge in [0.1, 0.15) is 17.8 Å². The molecule has 10 rings (SSSR count). The molecule has 388 valence electrons. The van der Waals surface area contributed by atoms with Gasteiger partial charge in [0.2, 0.25) is 41.4 Å². The van der Waals surface area contributed by atoms with Crippen LogP contribution in [0.15, 0.2) is 60.7 Å². The average molecular weight is 1080 g/mol. The van der Waals surface area contributed by atoms with Crippen molar-refractivity contribution in [1.82, 2.24) is 15.5 Å². The molecule has 2 unspecified atom stereocenters. The van der Waals surface area contributed by atoms with Gasteiger partial charge in [-0.1, -0.05) is 68.8 Å². The van der Waals surface area contributed by atoms with E-state index in [1.807, 2.05) is 54.8 Å². The number of rotatable bonds is 19. The molecule has 4 N–H and O–H groups in total. The first-order chi connectivity index (χ1) is 34.7. The van der Waals surface area contributed by atoms with Crippen LogP contribution in [0.25, 0.3) is 21.5 Å². The highest BCUT2D eigenvalue weighted by atomic mass is 35.5. The molecule has 7 amide bonds. The Morgan fingerprint density at radius 1 is 0.795 bits per heavy atom. The molecule has 1 saturated heterocycles. The van der Waals surface area contributed by atoms with Gasteiger partial charge >= 0.3 is 7.60 Å². The number of halogens is 2. The molecule has 4 fully saturated rings. The molecule has 6 aliphatic rings. The van der Waals surface area contributed by atoms with Crippen molar-refractivity contribution >= 4 is 123 Å². The molecule has 4 aromatic rings. The summed E-state index contributed by atoms with van der Waals surface area (Å²) >= 11 is 14.5. The van der Waals surface area contributed by atoms with E-state index in [4.69, 9.17) is 27.7 Å². The van der Waals surface area contributed by atoms with Crippen LogP contribution in [0, 0.1) is 16.7 Å². The van der Waals surface area contributed by atoms with Gasteiger partial charge in [-0.3, -0.25) is 38.5 Å². The summed E-state index contributed by atoms with van der Waals surface area (Å²) in [6, 6.07) is 16.5. The molecular weight excluding hydrogens is 1010 g/mol. The van der Waals surface area contributed by atoms with Crippen LogP contribution in [0.4, 0.5) is 17.1 Å². The number of amides is 7. The SMILES string of the molecule is CSC1CC(=O)N(CCCCCC(=O)N[C@H](C(=O)N[C@@H](C)C(=O)Nc2cc3c(c4ccccc24)[C@H](CCl)CN3C(=O)C23CC(C(=O)N4C[C@@H](CCl)c5c4cc(OP(C)(=O)O)c4ccccc54)(C2)C3)C(C)C)C1=O. The Hall–Kier alpha value is -5.19. The van der Waals surface area contributed by atoms with Gasteiger partial charge in [-0.2, -0.15) is 11.8 Å². The van der Waals surface area contributed by atoms with Gasteiger partial charge in [-0.05, 0) is 79.2 Å². The van der Waals surface area contributed by atoms with Crippen molar-refractivity contribution in [3.8, 4) is 5.75 Å². The lowest BCUT2D eigenvalue weighted by Gasteiger charge is -2.69. The minimum absolute atomic E-state index is 0.116. The molecule has 73 heavy (non-hydrogen) atoms. The lowest BCUT2D eigenvalue weighted by atomic mass is 9.34. The number of carbonyl (C=O) groups excluding carboxylic acids is 7. The number of nitrogens with one attached hydrogen (secondary N) is 3. The van der Waals surface area contributed by atoms with E-state index in [0.29, 0.717) is 80.6 Å². The van der Waals surface area contributed by atoms with Crippen molar-refractivity contribution in [2.45, 2.75) is 101 Å². The normalized spacial score (nSPS) is 24.4. The average Bonchev–Trinajstić information content (AvgIpc) is 3.98. The number of fused-ring (bicyclic) bond motifs is 6. The summed E-state index contributed by atoms with van der Waals surface area (Å²) in [4.78, 5) is 110. The van der Waals surface area contributed by atoms with Crippen LogP contribution in [0.5, 0.6) is 5.75 Å². The van der Waals surface area contributed by atoms with E-state index in [2.05, 4.69) is 16.0 Å². The van der Waals surface area contributed by atoms with Crippen molar-refractivity contribution in [1.29, 1.82) is 0 Å². The topological polar surface area (TPSA) is 212 Å². The lowest BCUT2D eigenvalue weighted by molar-refractivity contribution is -0.205. The Bertz CT molecular complexity index is 2980. The highest BCUT2D eigenvalue weighted by molar-refractivity contribution is 8.00. The maximum atomic E-state index is 14.9. The van der Waals surface area contributed by atoms with Crippen molar-refractivity contribution in [3.63, 3.8) is 0 Å². The van der Waals surface area contributed by atoms with Gasteiger partial charge in [0.05, 0.1) is 27.5 Å². The number of benzene rings is 4. The Kier molecular flexibility index (Phi) is 14.8. The van der Waals surface area contributed by atoms with Gasteiger partial charge in [0.25, 0.3) is 0 Å². The molecule has 0 spiro atoms. The summed E-state index contributed by atoms with van der Waals surface area (Å²) < 4.78 is 18.1. The molecule has 3 heterocycles. The molecule has 16 nitrogen and oxygen atoms in total. The van der Waals surface area contributed by atoms with Crippen LogP contribution >= 0.6 is 42.6 Å². The van der Waals surface area contributed by atoms with Crippen LogP contribution in [0.1, 0.15) is 95.1 Å². The van der Waals surface area contributed by atoms with E-state index in [0.717, 1.165) is 34.0 Å². The number of likely N-dealkylation sites (tertiary alicyclic amines) is 1. The molecule has 3 aliphatic heterocycles. The van der Waals surface area contributed by atoms with Crippen molar-refractivity contribution in [2.24, 2.45) is 16.7 Å². The van der Waals surface area contributed by atoms with Gasteiger partial charge in [-0.15, -0.1) is 23.2 Å². The highest BCUT2D eigenvalue weighted by Crippen LogP contribution is 2.75. The summed E-state index contributed by atoms with van der Waals surface area (Å²) in [5.41, 5.74) is 1.85. The third-order valence-electron chi connectivity index (χ3n) is 15.4. The first-order valence-electron chi connectivity index (χ1n) is 24.9. The van der Waals surface area contributed by atoms with Crippen molar-refractivity contribution in [2.75, 3.05) is 59.4 Å². The maximum Gasteiger partial charge on any atom is 0.373 e. The summed E-state index contributed by atoms with van der Waals surface area (Å²) in [5.74, 6) is -1.95. The number of alkyl halides is 2. The van der Waals surface area contributed by atoms with E-state index in [-0.39, 0.29) is 82.9 Å². The Morgan fingerprint density at radius 3 is 1.88 bits per heavy atom. The maximum absolute atomic E-state index is 14.9. The molecule has 2 bridgehead atoms. The molecule has 0 radical (unpaired) electrons. The van der Waals surface area contributed by atoms with Crippen LogP contribution in [0.2, 0.25) is 0 Å². The second kappa shape index (κ2) is 20.5. The summed E-state index contributed by atoms with van der Waals surface area (Å²) in [6.45, 7) is 7.22. The van der Waals surface area contributed by atoms with Crippen LogP contribution in [0.3, 0.4) is 0 Å². The molecule has 6 atom stereocenters. The smallest absolute Gasteiger partial charge is 0.373 e. The Morgan fingerprint density at radius 2 is 1.34 bits per heavy atom. The minimum Gasteiger partial charge on any atom is -0.424 e. The van der Waals surface area contributed by atoms with Crippen LogP contribution in [-0.2, 0) is 38.1 Å². The predicted octanol–water partition coefficient (Wildman–Crippen LogP) is 8.03. The molecule has 3 saturated carbocycles. The number of carbonyl (C=O) groups is 7. The minimum atomic E-state index is -3.96. The first kappa shape index (κ1) is 52.7.